The predicted molar refractivity (Wildman–Crippen MR) is 102 cm³/mol. The molecular formula is C19H26N4O2S. The lowest BCUT2D eigenvalue weighted by molar-refractivity contribution is -0.121. The molecule has 140 valence electrons. The standard InChI is InChI=1S/C19H26N4O2S/c1-11-5-7-16-14(9-11)10-17(26-16)19(25)21-20-18(24)8-6-15-12(2)22-23(4)13(15)3/h10-11H,5-9H2,1-4H3,(H,20,24)(H,21,25). The van der Waals surface area contributed by atoms with E-state index in [1.54, 1.807) is 0 Å². The van der Waals surface area contributed by atoms with Crippen molar-refractivity contribution in [1.82, 2.24) is 20.6 Å². The predicted octanol–water partition coefficient (Wildman–Crippen LogP) is 2.62. The first-order valence-electron chi connectivity index (χ1n) is 9.05. The number of fused-ring (bicyclic) bond motifs is 1. The van der Waals surface area contributed by atoms with Crippen LogP contribution in [0.25, 0.3) is 0 Å². The zero-order valence-corrected chi connectivity index (χ0v) is 16.6. The maximum Gasteiger partial charge on any atom is 0.279 e. The van der Waals surface area contributed by atoms with Gasteiger partial charge in [-0.2, -0.15) is 5.10 Å². The van der Waals surface area contributed by atoms with Crippen LogP contribution < -0.4 is 10.9 Å². The van der Waals surface area contributed by atoms with E-state index < -0.39 is 0 Å². The summed E-state index contributed by atoms with van der Waals surface area (Å²) in [4.78, 5) is 26.4. The summed E-state index contributed by atoms with van der Waals surface area (Å²) in [5.41, 5.74) is 9.46. The second-order valence-electron chi connectivity index (χ2n) is 7.18. The van der Waals surface area contributed by atoms with Gasteiger partial charge in [0.2, 0.25) is 5.91 Å². The lowest BCUT2D eigenvalue weighted by Gasteiger charge is -2.16. The number of aryl methyl sites for hydroxylation is 3. The molecule has 3 rings (SSSR count). The summed E-state index contributed by atoms with van der Waals surface area (Å²) in [6.07, 6.45) is 4.18. The Morgan fingerprint density at radius 2 is 2.12 bits per heavy atom. The molecule has 0 bridgehead atoms. The molecule has 2 aromatic heterocycles. The van der Waals surface area contributed by atoms with E-state index in [4.69, 9.17) is 0 Å². The van der Waals surface area contributed by atoms with Gasteiger partial charge in [-0.15, -0.1) is 11.3 Å². The van der Waals surface area contributed by atoms with Crippen LogP contribution in [0.1, 0.15) is 56.8 Å². The Bertz CT molecular complexity index is 837. The minimum Gasteiger partial charge on any atom is -0.273 e. The van der Waals surface area contributed by atoms with Crippen LogP contribution in [0.2, 0.25) is 0 Å². The van der Waals surface area contributed by atoms with Crippen molar-refractivity contribution in [2.75, 3.05) is 0 Å². The van der Waals surface area contributed by atoms with Crippen LogP contribution in [0, 0.1) is 19.8 Å². The smallest absolute Gasteiger partial charge is 0.273 e. The van der Waals surface area contributed by atoms with Crippen molar-refractivity contribution in [1.29, 1.82) is 0 Å². The molecule has 0 radical (unpaired) electrons. The van der Waals surface area contributed by atoms with Gasteiger partial charge in [-0.05, 0) is 62.6 Å². The first-order valence-corrected chi connectivity index (χ1v) is 9.86. The second-order valence-corrected chi connectivity index (χ2v) is 8.32. The van der Waals surface area contributed by atoms with Crippen LogP contribution in [0.5, 0.6) is 0 Å². The highest BCUT2D eigenvalue weighted by atomic mass is 32.1. The number of nitrogens with zero attached hydrogens (tertiary/aromatic N) is 2. The van der Waals surface area contributed by atoms with E-state index in [-0.39, 0.29) is 11.8 Å². The fourth-order valence-corrected chi connectivity index (χ4v) is 4.59. The monoisotopic (exact) mass is 374 g/mol. The van der Waals surface area contributed by atoms with Crippen molar-refractivity contribution >= 4 is 23.2 Å². The summed E-state index contributed by atoms with van der Waals surface area (Å²) in [6, 6.07) is 1.97. The molecule has 0 saturated carbocycles. The van der Waals surface area contributed by atoms with Gasteiger partial charge in [-0.25, -0.2) is 0 Å². The van der Waals surface area contributed by atoms with Crippen molar-refractivity contribution in [2.24, 2.45) is 13.0 Å². The molecule has 7 heteroatoms. The van der Waals surface area contributed by atoms with Gasteiger partial charge in [-0.1, -0.05) is 6.92 Å². The maximum atomic E-state index is 12.3. The van der Waals surface area contributed by atoms with E-state index in [2.05, 4.69) is 22.9 Å². The number of carbonyl (C=O) groups excluding carboxylic acids is 2. The van der Waals surface area contributed by atoms with Gasteiger partial charge in [0.15, 0.2) is 0 Å². The SMILES string of the molecule is Cc1nn(C)c(C)c1CCC(=O)NNC(=O)c1cc2c(s1)CCC(C)C2. The summed E-state index contributed by atoms with van der Waals surface area (Å²) in [5.74, 6) is 0.238. The van der Waals surface area contributed by atoms with Gasteiger partial charge in [0.25, 0.3) is 5.91 Å². The van der Waals surface area contributed by atoms with Gasteiger partial charge < -0.3 is 0 Å². The van der Waals surface area contributed by atoms with E-state index in [0.717, 1.165) is 29.8 Å². The number of nitrogens with one attached hydrogen (secondary N) is 2. The second kappa shape index (κ2) is 7.61. The number of amides is 2. The quantitative estimate of drug-likeness (QED) is 0.808. The Morgan fingerprint density at radius 1 is 1.35 bits per heavy atom. The van der Waals surface area contributed by atoms with Crippen molar-refractivity contribution in [3.8, 4) is 0 Å². The third-order valence-electron chi connectivity index (χ3n) is 5.13. The Kier molecular flexibility index (Phi) is 5.46. The Morgan fingerprint density at radius 3 is 2.81 bits per heavy atom. The molecule has 0 aromatic carbocycles. The minimum atomic E-state index is -0.237. The van der Waals surface area contributed by atoms with Crippen LogP contribution >= 0.6 is 11.3 Å². The molecule has 6 nitrogen and oxygen atoms in total. The molecule has 0 fully saturated rings. The molecule has 1 aliphatic carbocycles. The van der Waals surface area contributed by atoms with Gasteiger partial charge in [0.1, 0.15) is 0 Å². The molecule has 26 heavy (non-hydrogen) atoms. The molecule has 0 aliphatic heterocycles. The molecule has 1 aliphatic rings. The fraction of sp³-hybridized carbons (Fsp3) is 0.526. The van der Waals surface area contributed by atoms with Crippen LogP contribution in [-0.4, -0.2) is 21.6 Å². The zero-order chi connectivity index (χ0) is 18.8. The normalized spacial score (nSPS) is 16.2. The van der Waals surface area contributed by atoms with Crippen molar-refractivity contribution in [2.45, 2.75) is 52.9 Å². The first kappa shape index (κ1) is 18.6. The van der Waals surface area contributed by atoms with Gasteiger partial charge in [0, 0.05) is 24.0 Å². The zero-order valence-electron chi connectivity index (χ0n) is 15.8. The van der Waals surface area contributed by atoms with Crippen LogP contribution in [0.15, 0.2) is 6.07 Å². The third-order valence-corrected chi connectivity index (χ3v) is 6.37. The molecule has 1 unspecified atom stereocenters. The van der Waals surface area contributed by atoms with E-state index in [1.165, 1.54) is 28.2 Å². The molecule has 2 N–H and O–H groups in total. The number of thiophene rings is 1. The number of hydrogen-bond acceptors (Lipinski definition) is 4. The van der Waals surface area contributed by atoms with Crippen molar-refractivity contribution < 1.29 is 9.59 Å². The maximum absolute atomic E-state index is 12.3. The van der Waals surface area contributed by atoms with E-state index >= 15 is 0 Å². The Labute approximate surface area is 158 Å². The minimum absolute atomic E-state index is 0.198. The molecule has 2 amide bonds. The average molecular weight is 375 g/mol. The molecule has 0 spiro atoms. The van der Waals surface area contributed by atoms with Gasteiger partial charge in [-0.3, -0.25) is 25.1 Å². The number of carbonyl (C=O) groups is 2. The van der Waals surface area contributed by atoms with Crippen molar-refractivity contribution in [3.05, 3.63) is 38.3 Å². The van der Waals surface area contributed by atoms with Crippen LogP contribution in [-0.2, 0) is 31.1 Å². The Balaban J connectivity index is 1.51. The van der Waals surface area contributed by atoms with E-state index in [1.807, 2.05) is 31.6 Å². The van der Waals surface area contributed by atoms with E-state index in [0.29, 0.717) is 23.6 Å². The molecule has 0 saturated heterocycles. The van der Waals surface area contributed by atoms with Gasteiger partial charge in [0.05, 0.1) is 10.6 Å². The highest BCUT2D eigenvalue weighted by Crippen LogP contribution is 2.32. The van der Waals surface area contributed by atoms with Gasteiger partial charge >= 0.3 is 0 Å². The first-order chi connectivity index (χ1) is 12.3. The summed E-state index contributed by atoms with van der Waals surface area (Å²) in [5, 5.41) is 4.36. The molecule has 1 atom stereocenters. The molecule has 2 aromatic rings. The van der Waals surface area contributed by atoms with E-state index in [9.17, 15) is 9.59 Å². The lowest BCUT2D eigenvalue weighted by Crippen LogP contribution is -2.41. The van der Waals surface area contributed by atoms with Crippen LogP contribution in [0.4, 0.5) is 0 Å². The average Bonchev–Trinajstić information content (AvgIpc) is 3.12. The summed E-state index contributed by atoms with van der Waals surface area (Å²) in [7, 11) is 1.90. The largest absolute Gasteiger partial charge is 0.279 e. The highest BCUT2D eigenvalue weighted by molar-refractivity contribution is 7.14. The fourth-order valence-electron chi connectivity index (χ4n) is 3.49. The third kappa shape index (κ3) is 3.98. The summed E-state index contributed by atoms with van der Waals surface area (Å²) in [6.45, 7) is 6.18. The number of aromatic nitrogens is 2. The number of hydrazine groups is 1. The van der Waals surface area contributed by atoms with Crippen LogP contribution in [0.3, 0.4) is 0 Å². The lowest BCUT2D eigenvalue weighted by atomic mass is 9.90. The number of hydrogen-bond donors (Lipinski definition) is 2. The summed E-state index contributed by atoms with van der Waals surface area (Å²) < 4.78 is 1.82. The Hall–Kier alpha value is -2.15. The highest BCUT2D eigenvalue weighted by Gasteiger charge is 2.21. The summed E-state index contributed by atoms with van der Waals surface area (Å²) >= 11 is 1.54. The topological polar surface area (TPSA) is 76.0 Å². The number of rotatable bonds is 4. The van der Waals surface area contributed by atoms with Crippen molar-refractivity contribution in [3.63, 3.8) is 0 Å². The molecular weight excluding hydrogens is 348 g/mol. The molecule has 2 heterocycles.